The average Bonchev–Trinajstić information content (AvgIpc) is 2.29. The van der Waals surface area contributed by atoms with Crippen molar-refractivity contribution >= 4 is 0 Å². The van der Waals surface area contributed by atoms with Gasteiger partial charge in [0.1, 0.15) is 11.8 Å². The second kappa shape index (κ2) is 6.86. The molecule has 0 N–H and O–H groups in total. The fraction of sp³-hybridized carbons (Fsp3) is 0.462. The van der Waals surface area contributed by atoms with Gasteiger partial charge in [0.15, 0.2) is 0 Å². The zero-order valence-electron chi connectivity index (χ0n) is 9.77. The maximum absolute atomic E-state index is 8.84. The van der Waals surface area contributed by atoms with Crippen LogP contribution in [0.1, 0.15) is 25.8 Å². The van der Waals surface area contributed by atoms with E-state index in [0.29, 0.717) is 24.5 Å². The molecule has 0 heterocycles. The van der Waals surface area contributed by atoms with Crippen molar-refractivity contribution in [3.63, 3.8) is 0 Å². The third-order valence-corrected chi connectivity index (χ3v) is 2.00. The zero-order valence-corrected chi connectivity index (χ0v) is 9.77. The molecule has 0 aromatic heterocycles. The number of nitrogens with zero attached hydrogens (tertiary/aromatic N) is 1. The van der Waals surface area contributed by atoms with Crippen LogP contribution in [0.25, 0.3) is 0 Å². The Kier molecular flexibility index (Phi) is 5.38. The van der Waals surface area contributed by atoms with Gasteiger partial charge in [0.25, 0.3) is 0 Å². The predicted molar refractivity (Wildman–Crippen MR) is 62.4 cm³/mol. The van der Waals surface area contributed by atoms with Crippen LogP contribution in [0, 0.1) is 11.3 Å². The number of hydrogen-bond acceptors (Lipinski definition) is 3. The monoisotopic (exact) mass is 219 g/mol. The standard InChI is InChI=1S/C13H17NO2/c1-11(2)15-8-5-9-16-13-7-4-3-6-12(13)10-14/h3-4,6-7,11H,5,8-9H2,1-2H3. The van der Waals surface area contributed by atoms with Gasteiger partial charge in [-0.2, -0.15) is 5.26 Å². The molecule has 3 heteroatoms. The largest absolute Gasteiger partial charge is 0.492 e. The van der Waals surface area contributed by atoms with Crippen LogP contribution in [-0.2, 0) is 4.74 Å². The van der Waals surface area contributed by atoms with Crippen molar-refractivity contribution in [2.24, 2.45) is 0 Å². The lowest BCUT2D eigenvalue weighted by Crippen LogP contribution is -2.08. The van der Waals surface area contributed by atoms with Gasteiger partial charge >= 0.3 is 0 Å². The molecule has 3 nitrogen and oxygen atoms in total. The number of hydrogen-bond donors (Lipinski definition) is 0. The molecule has 0 fully saturated rings. The summed E-state index contributed by atoms with van der Waals surface area (Å²) in [4.78, 5) is 0. The van der Waals surface area contributed by atoms with E-state index in [9.17, 15) is 0 Å². The molecule has 1 aromatic rings. The fourth-order valence-corrected chi connectivity index (χ4v) is 1.24. The summed E-state index contributed by atoms with van der Waals surface area (Å²) in [6, 6.07) is 9.34. The third kappa shape index (κ3) is 4.33. The van der Waals surface area contributed by atoms with Gasteiger partial charge in [-0.15, -0.1) is 0 Å². The Morgan fingerprint density at radius 1 is 1.25 bits per heavy atom. The number of para-hydroxylation sites is 1. The third-order valence-electron chi connectivity index (χ3n) is 2.00. The molecule has 0 aliphatic carbocycles. The molecule has 1 rings (SSSR count). The average molecular weight is 219 g/mol. The smallest absolute Gasteiger partial charge is 0.137 e. The molecule has 0 unspecified atom stereocenters. The summed E-state index contributed by atoms with van der Waals surface area (Å²) < 4.78 is 10.9. The van der Waals surface area contributed by atoms with Gasteiger partial charge < -0.3 is 9.47 Å². The molecule has 0 saturated heterocycles. The minimum Gasteiger partial charge on any atom is -0.492 e. The van der Waals surface area contributed by atoms with Gasteiger partial charge in [-0.25, -0.2) is 0 Å². The lowest BCUT2D eigenvalue weighted by molar-refractivity contribution is 0.0694. The molecule has 1 aromatic carbocycles. The van der Waals surface area contributed by atoms with Crippen LogP contribution in [0.2, 0.25) is 0 Å². The quantitative estimate of drug-likeness (QED) is 0.691. The Morgan fingerprint density at radius 3 is 2.69 bits per heavy atom. The minimum absolute atomic E-state index is 0.256. The van der Waals surface area contributed by atoms with Crippen LogP contribution in [0.3, 0.4) is 0 Å². The van der Waals surface area contributed by atoms with Crippen LogP contribution in [0.5, 0.6) is 5.75 Å². The van der Waals surface area contributed by atoms with Gasteiger partial charge in [0, 0.05) is 6.42 Å². The Bertz CT molecular complexity index is 355. The lowest BCUT2D eigenvalue weighted by atomic mass is 10.2. The topological polar surface area (TPSA) is 42.2 Å². The molecular formula is C13H17NO2. The molecule has 0 amide bonds. The van der Waals surface area contributed by atoms with Crippen LogP contribution >= 0.6 is 0 Å². The van der Waals surface area contributed by atoms with E-state index in [1.54, 1.807) is 6.07 Å². The Hall–Kier alpha value is -1.53. The van der Waals surface area contributed by atoms with E-state index >= 15 is 0 Å². The first-order chi connectivity index (χ1) is 7.74. The van der Waals surface area contributed by atoms with E-state index in [4.69, 9.17) is 14.7 Å². The van der Waals surface area contributed by atoms with Crippen molar-refractivity contribution in [3.8, 4) is 11.8 Å². The van der Waals surface area contributed by atoms with Gasteiger partial charge in [0.2, 0.25) is 0 Å². The second-order valence-electron chi connectivity index (χ2n) is 3.73. The summed E-state index contributed by atoms with van der Waals surface area (Å²) in [5.41, 5.74) is 0.576. The predicted octanol–water partition coefficient (Wildman–Crippen LogP) is 2.75. The van der Waals surface area contributed by atoms with Crippen LogP contribution in [-0.4, -0.2) is 19.3 Å². The highest BCUT2D eigenvalue weighted by Gasteiger charge is 2.01. The normalized spacial score (nSPS) is 10.1. The molecule has 0 aliphatic heterocycles. The number of benzene rings is 1. The van der Waals surface area contributed by atoms with Gasteiger partial charge in [-0.3, -0.25) is 0 Å². The van der Waals surface area contributed by atoms with Crippen LogP contribution < -0.4 is 4.74 Å². The van der Waals surface area contributed by atoms with Crippen LogP contribution in [0.15, 0.2) is 24.3 Å². The SMILES string of the molecule is CC(C)OCCCOc1ccccc1C#N. The van der Waals surface area contributed by atoms with Crippen molar-refractivity contribution in [1.29, 1.82) is 5.26 Å². The zero-order chi connectivity index (χ0) is 11.8. The molecule has 0 spiro atoms. The van der Waals surface area contributed by atoms with E-state index in [1.807, 2.05) is 32.0 Å². The molecule has 0 aliphatic rings. The van der Waals surface area contributed by atoms with Gasteiger partial charge in [-0.05, 0) is 26.0 Å². The van der Waals surface area contributed by atoms with E-state index in [0.717, 1.165) is 6.42 Å². The molecule has 0 bridgehead atoms. The first-order valence-corrected chi connectivity index (χ1v) is 5.47. The van der Waals surface area contributed by atoms with E-state index < -0.39 is 0 Å². The lowest BCUT2D eigenvalue weighted by Gasteiger charge is -2.09. The summed E-state index contributed by atoms with van der Waals surface area (Å²) in [5.74, 6) is 0.648. The van der Waals surface area contributed by atoms with Crippen molar-refractivity contribution in [3.05, 3.63) is 29.8 Å². The van der Waals surface area contributed by atoms with Crippen molar-refractivity contribution in [2.45, 2.75) is 26.4 Å². The van der Waals surface area contributed by atoms with E-state index in [2.05, 4.69) is 6.07 Å². The Labute approximate surface area is 96.6 Å². The number of nitriles is 1. The molecule has 86 valence electrons. The highest BCUT2D eigenvalue weighted by molar-refractivity contribution is 5.42. The summed E-state index contributed by atoms with van der Waals surface area (Å²) in [5, 5.41) is 8.84. The van der Waals surface area contributed by atoms with E-state index in [1.165, 1.54) is 0 Å². The highest BCUT2D eigenvalue weighted by Crippen LogP contribution is 2.16. The molecular weight excluding hydrogens is 202 g/mol. The Morgan fingerprint density at radius 2 is 2.00 bits per heavy atom. The molecule has 0 radical (unpaired) electrons. The van der Waals surface area contributed by atoms with Crippen molar-refractivity contribution in [2.75, 3.05) is 13.2 Å². The van der Waals surface area contributed by atoms with Crippen LogP contribution in [0.4, 0.5) is 0 Å². The second-order valence-corrected chi connectivity index (χ2v) is 3.73. The summed E-state index contributed by atoms with van der Waals surface area (Å²) in [6.45, 7) is 5.27. The van der Waals surface area contributed by atoms with E-state index in [-0.39, 0.29) is 6.10 Å². The summed E-state index contributed by atoms with van der Waals surface area (Å²) in [7, 11) is 0. The minimum atomic E-state index is 0.256. The van der Waals surface area contributed by atoms with Crippen molar-refractivity contribution < 1.29 is 9.47 Å². The first-order valence-electron chi connectivity index (χ1n) is 5.47. The molecule has 0 atom stereocenters. The maximum atomic E-state index is 8.84. The summed E-state index contributed by atoms with van der Waals surface area (Å²) in [6.07, 6.45) is 1.09. The molecule has 16 heavy (non-hydrogen) atoms. The number of rotatable bonds is 6. The van der Waals surface area contributed by atoms with Gasteiger partial charge in [0.05, 0.1) is 24.9 Å². The number of ether oxygens (including phenoxy) is 2. The maximum Gasteiger partial charge on any atom is 0.137 e. The van der Waals surface area contributed by atoms with Gasteiger partial charge in [-0.1, -0.05) is 12.1 Å². The summed E-state index contributed by atoms with van der Waals surface area (Å²) >= 11 is 0. The Balaban J connectivity index is 2.30. The fourth-order valence-electron chi connectivity index (χ4n) is 1.24. The van der Waals surface area contributed by atoms with Crippen molar-refractivity contribution in [1.82, 2.24) is 0 Å². The first kappa shape index (κ1) is 12.5. The molecule has 0 saturated carbocycles. The highest BCUT2D eigenvalue weighted by atomic mass is 16.5.